The van der Waals surface area contributed by atoms with Crippen molar-refractivity contribution in [3.8, 4) is 5.75 Å². The number of benzene rings is 1. The normalized spacial score (nSPS) is 21.7. The summed E-state index contributed by atoms with van der Waals surface area (Å²) in [6.45, 7) is 8.95. The number of ether oxygens (including phenoxy) is 1. The van der Waals surface area contributed by atoms with E-state index < -0.39 is 0 Å². The van der Waals surface area contributed by atoms with Gasteiger partial charge in [-0.15, -0.1) is 0 Å². The van der Waals surface area contributed by atoms with Gasteiger partial charge in [0.05, 0.1) is 0 Å². The van der Waals surface area contributed by atoms with E-state index in [9.17, 15) is 0 Å². The second-order valence-electron chi connectivity index (χ2n) is 7.16. The van der Waals surface area contributed by atoms with E-state index in [0.717, 1.165) is 51.2 Å². The van der Waals surface area contributed by atoms with Gasteiger partial charge in [-0.2, -0.15) is 0 Å². The fourth-order valence-electron chi connectivity index (χ4n) is 3.95. The summed E-state index contributed by atoms with van der Waals surface area (Å²) in [5.74, 6) is 1.04. The van der Waals surface area contributed by atoms with Crippen LogP contribution in [-0.4, -0.2) is 43.2 Å². The standard InChI is InChI=1S/C19H27N3O/c1-14(2)21-8-5-17(6-9-21)23-18-3-4-19-15(12-18)11-16-13-20-7-10-22(16)19/h3-4,12-14,17,20H,5-11H2,1-2H3. The lowest BCUT2D eigenvalue weighted by molar-refractivity contribution is 0.0843. The summed E-state index contributed by atoms with van der Waals surface area (Å²) in [5.41, 5.74) is 4.14. The smallest absolute Gasteiger partial charge is 0.120 e. The van der Waals surface area contributed by atoms with Crippen LogP contribution in [0.1, 0.15) is 32.3 Å². The van der Waals surface area contributed by atoms with Crippen LogP contribution in [0.4, 0.5) is 5.69 Å². The minimum absolute atomic E-state index is 0.368. The summed E-state index contributed by atoms with van der Waals surface area (Å²) in [6, 6.07) is 7.29. The van der Waals surface area contributed by atoms with Gasteiger partial charge in [-0.3, -0.25) is 0 Å². The molecule has 0 bridgehead atoms. The highest BCUT2D eigenvalue weighted by atomic mass is 16.5. The number of anilines is 1. The van der Waals surface area contributed by atoms with E-state index in [0.29, 0.717) is 12.1 Å². The molecule has 1 aromatic rings. The van der Waals surface area contributed by atoms with Gasteiger partial charge >= 0.3 is 0 Å². The molecule has 3 aliphatic heterocycles. The Balaban J connectivity index is 1.42. The number of nitrogens with one attached hydrogen (secondary N) is 1. The Morgan fingerprint density at radius 3 is 2.78 bits per heavy atom. The zero-order valence-corrected chi connectivity index (χ0v) is 14.2. The van der Waals surface area contributed by atoms with Crippen molar-refractivity contribution >= 4 is 5.69 Å². The van der Waals surface area contributed by atoms with Crippen molar-refractivity contribution < 1.29 is 4.74 Å². The molecule has 3 heterocycles. The molecular formula is C19H27N3O. The van der Waals surface area contributed by atoms with Crippen molar-refractivity contribution in [3.63, 3.8) is 0 Å². The van der Waals surface area contributed by atoms with Crippen molar-refractivity contribution in [1.82, 2.24) is 10.2 Å². The monoisotopic (exact) mass is 313 g/mol. The van der Waals surface area contributed by atoms with Crippen LogP contribution in [0, 0.1) is 0 Å². The van der Waals surface area contributed by atoms with Gasteiger partial charge in [0.2, 0.25) is 0 Å². The molecule has 0 amide bonds. The van der Waals surface area contributed by atoms with Crippen molar-refractivity contribution in [2.24, 2.45) is 0 Å². The largest absolute Gasteiger partial charge is 0.490 e. The zero-order valence-electron chi connectivity index (χ0n) is 14.2. The molecule has 23 heavy (non-hydrogen) atoms. The second-order valence-corrected chi connectivity index (χ2v) is 7.16. The zero-order chi connectivity index (χ0) is 15.8. The lowest BCUT2D eigenvalue weighted by Crippen LogP contribution is -2.41. The molecular weight excluding hydrogens is 286 g/mol. The van der Waals surface area contributed by atoms with Crippen LogP contribution < -0.4 is 15.0 Å². The van der Waals surface area contributed by atoms with Crippen LogP contribution in [0.3, 0.4) is 0 Å². The highest BCUT2D eigenvalue weighted by molar-refractivity contribution is 5.67. The fourth-order valence-corrected chi connectivity index (χ4v) is 3.95. The molecule has 4 rings (SSSR count). The summed E-state index contributed by atoms with van der Waals surface area (Å²) in [7, 11) is 0. The molecule has 0 unspecified atom stereocenters. The van der Waals surface area contributed by atoms with Crippen LogP contribution in [0.2, 0.25) is 0 Å². The minimum atomic E-state index is 0.368. The number of piperidine rings is 1. The van der Waals surface area contributed by atoms with E-state index in [1.165, 1.54) is 16.9 Å². The predicted octanol–water partition coefficient (Wildman–Crippen LogP) is 2.75. The molecule has 4 heteroatoms. The number of hydrogen-bond acceptors (Lipinski definition) is 4. The Hall–Kier alpha value is -1.68. The maximum Gasteiger partial charge on any atom is 0.120 e. The Morgan fingerprint density at radius 1 is 1.17 bits per heavy atom. The molecule has 0 atom stereocenters. The van der Waals surface area contributed by atoms with Crippen LogP contribution >= 0.6 is 0 Å². The van der Waals surface area contributed by atoms with E-state index in [2.05, 4.69) is 53.4 Å². The van der Waals surface area contributed by atoms with Gasteiger partial charge < -0.3 is 19.9 Å². The lowest BCUT2D eigenvalue weighted by atomic mass is 10.1. The van der Waals surface area contributed by atoms with Gasteiger partial charge in [0.15, 0.2) is 0 Å². The van der Waals surface area contributed by atoms with Gasteiger partial charge in [-0.25, -0.2) is 0 Å². The van der Waals surface area contributed by atoms with E-state index in [1.807, 2.05) is 0 Å². The Bertz CT molecular complexity index is 603. The topological polar surface area (TPSA) is 27.7 Å². The van der Waals surface area contributed by atoms with E-state index in [4.69, 9.17) is 4.74 Å². The number of allylic oxidation sites excluding steroid dienone is 1. The van der Waals surface area contributed by atoms with Crippen LogP contribution in [0.25, 0.3) is 0 Å². The number of hydrogen-bond donors (Lipinski definition) is 1. The minimum Gasteiger partial charge on any atom is -0.490 e. The van der Waals surface area contributed by atoms with Gasteiger partial charge in [0.1, 0.15) is 11.9 Å². The number of fused-ring (bicyclic) bond motifs is 3. The third-order valence-electron chi connectivity index (χ3n) is 5.32. The fraction of sp³-hybridized carbons (Fsp3) is 0.579. The van der Waals surface area contributed by atoms with Gasteiger partial charge in [0.25, 0.3) is 0 Å². The summed E-state index contributed by atoms with van der Waals surface area (Å²) >= 11 is 0. The van der Waals surface area contributed by atoms with Gasteiger partial charge in [0, 0.05) is 56.2 Å². The third-order valence-corrected chi connectivity index (χ3v) is 5.32. The first-order valence-electron chi connectivity index (χ1n) is 8.94. The van der Waals surface area contributed by atoms with Crippen LogP contribution in [-0.2, 0) is 6.42 Å². The molecule has 0 aliphatic carbocycles. The Kier molecular flexibility index (Phi) is 3.93. The number of nitrogens with zero attached hydrogens (tertiary/aromatic N) is 2. The molecule has 4 nitrogen and oxygen atoms in total. The van der Waals surface area contributed by atoms with E-state index in [1.54, 1.807) is 0 Å². The summed E-state index contributed by atoms with van der Waals surface area (Å²) in [5, 5.41) is 3.34. The lowest BCUT2D eigenvalue weighted by Gasteiger charge is -2.34. The molecule has 0 aromatic heterocycles. The molecule has 3 aliphatic rings. The average molecular weight is 313 g/mol. The summed E-state index contributed by atoms with van der Waals surface area (Å²) in [4.78, 5) is 4.97. The first-order valence-corrected chi connectivity index (χ1v) is 8.94. The summed E-state index contributed by atoms with van der Waals surface area (Å²) in [6.07, 6.45) is 5.82. The maximum atomic E-state index is 6.28. The molecule has 1 saturated heterocycles. The number of rotatable bonds is 3. The average Bonchev–Trinajstić information content (AvgIpc) is 2.93. The molecule has 0 radical (unpaired) electrons. The SMILES string of the molecule is CC(C)N1CCC(Oc2ccc3c(c2)CC2=CNCCN23)CC1. The van der Waals surface area contributed by atoms with Crippen molar-refractivity contribution in [2.75, 3.05) is 31.1 Å². The highest BCUT2D eigenvalue weighted by Gasteiger charge is 2.27. The molecule has 1 N–H and O–H groups in total. The first kappa shape index (κ1) is 14.9. The quantitative estimate of drug-likeness (QED) is 0.928. The van der Waals surface area contributed by atoms with Crippen molar-refractivity contribution in [3.05, 3.63) is 35.7 Å². The van der Waals surface area contributed by atoms with Crippen molar-refractivity contribution in [2.45, 2.75) is 45.3 Å². The number of likely N-dealkylation sites (tertiary alicyclic amines) is 1. The van der Waals surface area contributed by atoms with Crippen LogP contribution in [0.5, 0.6) is 5.75 Å². The predicted molar refractivity (Wildman–Crippen MR) is 93.9 cm³/mol. The van der Waals surface area contributed by atoms with Crippen LogP contribution in [0.15, 0.2) is 30.1 Å². The van der Waals surface area contributed by atoms with Gasteiger partial charge in [-0.1, -0.05) is 0 Å². The van der Waals surface area contributed by atoms with E-state index >= 15 is 0 Å². The first-order chi connectivity index (χ1) is 11.2. The van der Waals surface area contributed by atoms with Gasteiger partial charge in [-0.05, 0) is 50.5 Å². The third kappa shape index (κ3) is 2.92. The molecule has 1 fully saturated rings. The molecule has 124 valence electrons. The second kappa shape index (κ2) is 6.08. The van der Waals surface area contributed by atoms with E-state index in [-0.39, 0.29) is 0 Å². The van der Waals surface area contributed by atoms with Crippen molar-refractivity contribution in [1.29, 1.82) is 0 Å². The molecule has 0 saturated carbocycles. The highest BCUT2D eigenvalue weighted by Crippen LogP contribution is 2.37. The Morgan fingerprint density at radius 2 is 2.00 bits per heavy atom. The maximum absolute atomic E-state index is 6.28. The molecule has 0 spiro atoms. The Labute approximate surface area is 139 Å². The molecule has 1 aromatic carbocycles. The summed E-state index contributed by atoms with van der Waals surface area (Å²) < 4.78 is 6.28.